The highest BCUT2D eigenvalue weighted by molar-refractivity contribution is 5.96. The normalized spacial score (nSPS) is 14.4. The van der Waals surface area contributed by atoms with Crippen LogP contribution in [0.4, 0.5) is 8.78 Å². The van der Waals surface area contributed by atoms with E-state index in [-0.39, 0.29) is 24.6 Å². The molecule has 2 aromatic rings. The van der Waals surface area contributed by atoms with Gasteiger partial charge in [-0.1, -0.05) is 19.1 Å². The Morgan fingerprint density at radius 3 is 2.04 bits per heavy atom. The van der Waals surface area contributed by atoms with Crippen molar-refractivity contribution >= 4 is 11.8 Å². The first-order valence-electron chi connectivity index (χ1n) is 8.62. The Morgan fingerprint density at radius 2 is 1.46 bits per heavy atom. The first-order chi connectivity index (χ1) is 12.5. The molecule has 0 spiro atoms. The quantitative estimate of drug-likeness (QED) is 0.846. The molecule has 0 saturated carbocycles. The maximum atomic E-state index is 13.8. The number of halogens is 2. The Bertz CT molecular complexity index is 813. The van der Waals surface area contributed by atoms with Crippen molar-refractivity contribution in [3.63, 3.8) is 0 Å². The van der Waals surface area contributed by atoms with Crippen LogP contribution >= 0.6 is 0 Å². The van der Waals surface area contributed by atoms with Gasteiger partial charge < -0.3 is 9.80 Å². The summed E-state index contributed by atoms with van der Waals surface area (Å²) in [6.07, 6.45) is 0.909. The molecule has 136 valence electrons. The van der Waals surface area contributed by atoms with E-state index in [0.29, 0.717) is 18.7 Å². The fourth-order valence-corrected chi connectivity index (χ4v) is 3.01. The van der Waals surface area contributed by atoms with Crippen molar-refractivity contribution in [1.29, 1.82) is 0 Å². The molecule has 4 nitrogen and oxygen atoms in total. The molecule has 0 bridgehead atoms. The van der Waals surface area contributed by atoms with E-state index in [4.69, 9.17) is 0 Å². The summed E-state index contributed by atoms with van der Waals surface area (Å²) in [6, 6.07) is 10.3. The van der Waals surface area contributed by atoms with E-state index in [1.807, 2.05) is 12.1 Å². The third-order valence-electron chi connectivity index (χ3n) is 4.62. The highest BCUT2D eigenvalue weighted by atomic mass is 19.1. The van der Waals surface area contributed by atoms with Gasteiger partial charge in [0.15, 0.2) is 0 Å². The average molecular weight is 358 g/mol. The molecule has 0 aliphatic carbocycles. The fourth-order valence-electron chi connectivity index (χ4n) is 3.01. The minimum absolute atomic E-state index is 0.0864. The van der Waals surface area contributed by atoms with Crippen molar-refractivity contribution in [2.75, 3.05) is 26.2 Å². The van der Waals surface area contributed by atoms with Crippen LogP contribution in [0.5, 0.6) is 0 Å². The van der Waals surface area contributed by atoms with Crippen LogP contribution in [0.15, 0.2) is 42.5 Å². The second kappa shape index (κ2) is 7.64. The van der Waals surface area contributed by atoms with E-state index in [2.05, 4.69) is 6.92 Å². The molecular formula is C20H20F2N2O2. The van der Waals surface area contributed by atoms with Crippen LogP contribution in [0.3, 0.4) is 0 Å². The molecule has 1 aliphatic heterocycles. The summed E-state index contributed by atoms with van der Waals surface area (Å²) in [5.74, 6) is -2.04. The summed E-state index contributed by atoms with van der Waals surface area (Å²) < 4.78 is 27.1. The maximum Gasteiger partial charge on any atom is 0.257 e. The zero-order valence-corrected chi connectivity index (χ0v) is 14.5. The summed E-state index contributed by atoms with van der Waals surface area (Å²) in [4.78, 5) is 28.1. The Labute approximate surface area is 151 Å². The number of carbonyl (C=O) groups excluding carboxylic acids is 2. The minimum Gasteiger partial charge on any atom is -0.335 e. The van der Waals surface area contributed by atoms with Crippen molar-refractivity contribution in [2.45, 2.75) is 13.3 Å². The van der Waals surface area contributed by atoms with Crippen LogP contribution in [0.25, 0.3) is 0 Å². The first-order valence-corrected chi connectivity index (χ1v) is 8.62. The summed E-state index contributed by atoms with van der Waals surface area (Å²) in [7, 11) is 0. The van der Waals surface area contributed by atoms with Crippen molar-refractivity contribution < 1.29 is 18.4 Å². The van der Waals surface area contributed by atoms with Gasteiger partial charge in [-0.05, 0) is 42.3 Å². The van der Waals surface area contributed by atoms with Gasteiger partial charge in [0, 0.05) is 31.7 Å². The van der Waals surface area contributed by atoms with Crippen molar-refractivity contribution in [2.24, 2.45) is 0 Å². The molecule has 26 heavy (non-hydrogen) atoms. The fraction of sp³-hybridized carbons (Fsp3) is 0.300. The molecule has 2 aromatic carbocycles. The summed E-state index contributed by atoms with van der Waals surface area (Å²) in [6.45, 7) is 3.34. The predicted octanol–water partition coefficient (Wildman–Crippen LogP) is 3.13. The number of piperazine rings is 1. The Kier molecular flexibility index (Phi) is 5.30. The molecule has 1 saturated heterocycles. The van der Waals surface area contributed by atoms with E-state index in [1.165, 1.54) is 4.90 Å². The number of rotatable bonds is 3. The van der Waals surface area contributed by atoms with Gasteiger partial charge in [-0.3, -0.25) is 9.59 Å². The molecule has 0 aromatic heterocycles. The van der Waals surface area contributed by atoms with Crippen LogP contribution in [-0.2, 0) is 6.42 Å². The summed E-state index contributed by atoms with van der Waals surface area (Å²) in [5.41, 5.74) is 1.49. The monoisotopic (exact) mass is 358 g/mol. The van der Waals surface area contributed by atoms with Crippen molar-refractivity contribution in [3.05, 3.63) is 70.8 Å². The molecule has 0 unspecified atom stereocenters. The van der Waals surface area contributed by atoms with Crippen LogP contribution in [0, 0.1) is 11.6 Å². The molecule has 0 N–H and O–H groups in total. The topological polar surface area (TPSA) is 40.6 Å². The van der Waals surface area contributed by atoms with E-state index >= 15 is 0 Å². The van der Waals surface area contributed by atoms with Crippen LogP contribution in [0.2, 0.25) is 0 Å². The number of amides is 2. The van der Waals surface area contributed by atoms with Gasteiger partial charge in [0.1, 0.15) is 11.6 Å². The van der Waals surface area contributed by atoms with Gasteiger partial charge in [0.25, 0.3) is 11.8 Å². The number of benzene rings is 2. The molecule has 1 heterocycles. The lowest BCUT2D eigenvalue weighted by Crippen LogP contribution is -2.50. The number of hydrogen-bond donors (Lipinski definition) is 0. The minimum atomic E-state index is -0.745. The number of aryl methyl sites for hydroxylation is 1. The second-order valence-corrected chi connectivity index (χ2v) is 6.26. The van der Waals surface area contributed by atoms with E-state index in [0.717, 1.165) is 30.2 Å². The molecule has 0 atom stereocenters. The molecule has 0 radical (unpaired) electrons. The van der Waals surface area contributed by atoms with Gasteiger partial charge in [-0.25, -0.2) is 8.78 Å². The highest BCUT2D eigenvalue weighted by Crippen LogP contribution is 2.16. The Morgan fingerprint density at radius 1 is 0.885 bits per heavy atom. The lowest BCUT2D eigenvalue weighted by Gasteiger charge is -2.35. The molecule has 1 aliphatic rings. The average Bonchev–Trinajstić information content (AvgIpc) is 2.69. The molecule has 2 amide bonds. The Hall–Kier alpha value is -2.76. The van der Waals surface area contributed by atoms with Gasteiger partial charge in [-0.15, -0.1) is 0 Å². The number of hydrogen-bond acceptors (Lipinski definition) is 2. The lowest BCUT2D eigenvalue weighted by atomic mass is 10.1. The number of carbonyl (C=O) groups is 2. The molecule has 6 heteroatoms. The highest BCUT2D eigenvalue weighted by Gasteiger charge is 2.27. The predicted molar refractivity (Wildman–Crippen MR) is 94.0 cm³/mol. The van der Waals surface area contributed by atoms with Gasteiger partial charge in [0.2, 0.25) is 0 Å². The zero-order valence-electron chi connectivity index (χ0n) is 14.5. The second-order valence-electron chi connectivity index (χ2n) is 6.26. The molecular weight excluding hydrogens is 338 g/mol. The zero-order chi connectivity index (χ0) is 18.7. The maximum absolute atomic E-state index is 13.8. The van der Waals surface area contributed by atoms with E-state index < -0.39 is 17.5 Å². The van der Waals surface area contributed by atoms with Crippen molar-refractivity contribution in [3.8, 4) is 0 Å². The van der Waals surface area contributed by atoms with Crippen LogP contribution in [-0.4, -0.2) is 47.8 Å². The third-order valence-corrected chi connectivity index (χ3v) is 4.62. The SMILES string of the molecule is CCc1ccc(C(=O)N2CCN(C(=O)c3cc(F)ccc3F)CC2)cc1. The standard InChI is InChI=1S/C20H20F2N2O2/c1-2-14-3-5-15(6-4-14)19(25)23-9-11-24(12-10-23)20(26)17-13-16(21)7-8-18(17)22/h3-8,13H,2,9-12H2,1H3. The molecule has 3 rings (SSSR count). The summed E-state index contributed by atoms with van der Waals surface area (Å²) >= 11 is 0. The largest absolute Gasteiger partial charge is 0.335 e. The van der Waals surface area contributed by atoms with E-state index in [9.17, 15) is 18.4 Å². The molecule has 1 fully saturated rings. The van der Waals surface area contributed by atoms with Gasteiger partial charge in [0.05, 0.1) is 5.56 Å². The third kappa shape index (κ3) is 3.74. The summed E-state index contributed by atoms with van der Waals surface area (Å²) in [5, 5.41) is 0. The first kappa shape index (κ1) is 18.0. The van der Waals surface area contributed by atoms with Crippen LogP contribution < -0.4 is 0 Å². The smallest absolute Gasteiger partial charge is 0.257 e. The van der Waals surface area contributed by atoms with E-state index in [1.54, 1.807) is 17.0 Å². The lowest BCUT2D eigenvalue weighted by molar-refractivity contribution is 0.0532. The number of nitrogens with zero attached hydrogens (tertiary/aromatic N) is 2. The Balaban J connectivity index is 1.64. The van der Waals surface area contributed by atoms with Gasteiger partial charge >= 0.3 is 0 Å². The van der Waals surface area contributed by atoms with Gasteiger partial charge in [-0.2, -0.15) is 0 Å². The van der Waals surface area contributed by atoms with Crippen LogP contribution in [0.1, 0.15) is 33.2 Å². The van der Waals surface area contributed by atoms with Crippen molar-refractivity contribution in [1.82, 2.24) is 9.80 Å².